The van der Waals surface area contributed by atoms with Crippen LogP contribution >= 0.6 is 23.4 Å². The van der Waals surface area contributed by atoms with Crippen molar-refractivity contribution in [3.05, 3.63) is 40.2 Å². The van der Waals surface area contributed by atoms with E-state index in [2.05, 4.69) is 16.4 Å². The third-order valence-electron chi connectivity index (χ3n) is 4.67. The first kappa shape index (κ1) is 19.7. The van der Waals surface area contributed by atoms with Gasteiger partial charge in [-0.15, -0.1) is 0 Å². The lowest BCUT2D eigenvalue weighted by Gasteiger charge is -2.16. The number of anilines is 1. The van der Waals surface area contributed by atoms with E-state index in [0.717, 1.165) is 30.7 Å². The van der Waals surface area contributed by atoms with Gasteiger partial charge in [-0.3, -0.25) is 4.79 Å². The third kappa shape index (κ3) is 4.46. The second-order valence-corrected chi connectivity index (χ2v) is 7.79. The van der Waals surface area contributed by atoms with Gasteiger partial charge in [0, 0.05) is 18.5 Å². The Morgan fingerprint density at radius 2 is 2.37 bits per heavy atom. The lowest BCUT2D eigenvalue weighted by atomic mass is 10.2. The van der Waals surface area contributed by atoms with Gasteiger partial charge in [-0.05, 0) is 44.4 Å². The summed E-state index contributed by atoms with van der Waals surface area (Å²) in [6, 6.07) is 5.71. The average Bonchev–Trinajstić information content (AvgIpc) is 3.24. The van der Waals surface area contributed by atoms with E-state index in [1.807, 2.05) is 18.4 Å². The minimum atomic E-state index is -0.204. The van der Waals surface area contributed by atoms with Crippen molar-refractivity contribution >= 4 is 35.1 Å². The van der Waals surface area contributed by atoms with E-state index in [1.54, 1.807) is 18.3 Å². The second kappa shape index (κ2) is 8.79. The summed E-state index contributed by atoms with van der Waals surface area (Å²) in [5, 5.41) is 13.6. The molecule has 0 aliphatic carbocycles. The van der Waals surface area contributed by atoms with Crippen molar-refractivity contribution < 1.29 is 9.53 Å². The van der Waals surface area contributed by atoms with E-state index in [9.17, 15) is 10.1 Å². The fraction of sp³-hybridized carbons (Fsp3) is 0.421. The summed E-state index contributed by atoms with van der Waals surface area (Å²) >= 11 is 7.35. The highest BCUT2D eigenvalue weighted by molar-refractivity contribution is 8.00. The van der Waals surface area contributed by atoms with Crippen LogP contribution in [0.3, 0.4) is 0 Å². The Morgan fingerprint density at radius 1 is 1.56 bits per heavy atom. The molecule has 27 heavy (non-hydrogen) atoms. The summed E-state index contributed by atoms with van der Waals surface area (Å²) in [6.45, 7) is 5.25. The van der Waals surface area contributed by atoms with Crippen LogP contribution in [0.1, 0.15) is 29.7 Å². The summed E-state index contributed by atoms with van der Waals surface area (Å²) in [5.74, 6) is 0.496. The molecule has 1 aliphatic heterocycles. The maximum absolute atomic E-state index is 12.5. The minimum absolute atomic E-state index is 0.111. The molecule has 0 radical (unpaired) electrons. The lowest BCUT2D eigenvalue weighted by Crippen LogP contribution is -2.22. The Hall–Kier alpha value is -2.01. The number of halogens is 1. The van der Waals surface area contributed by atoms with Crippen LogP contribution in [0.25, 0.3) is 0 Å². The minimum Gasteiger partial charge on any atom is -0.376 e. The van der Waals surface area contributed by atoms with E-state index >= 15 is 0 Å². The molecular formula is C19H21ClN4O2S. The van der Waals surface area contributed by atoms with Crippen molar-refractivity contribution in [3.8, 4) is 6.07 Å². The normalized spacial score (nSPS) is 16.3. The number of nitrogens with zero attached hydrogens (tertiary/aromatic N) is 3. The summed E-state index contributed by atoms with van der Waals surface area (Å²) in [4.78, 5) is 16.7. The first-order valence-corrected chi connectivity index (χ1v) is 10.1. The number of nitrogens with one attached hydrogen (secondary N) is 1. The molecule has 0 saturated carbocycles. The maximum atomic E-state index is 12.5. The van der Waals surface area contributed by atoms with Crippen LogP contribution in [-0.4, -0.2) is 33.9 Å². The van der Waals surface area contributed by atoms with Crippen molar-refractivity contribution in [2.24, 2.45) is 0 Å². The van der Waals surface area contributed by atoms with Crippen molar-refractivity contribution in [3.63, 3.8) is 0 Å². The molecule has 1 saturated heterocycles. The zero-order chi connectivity index (χ0) is 19.4. The zero-order valence-corrected chi connectivity index (χ0v) is 16.9. The number of hydrogen-bond donors (Lipinski definition) is 1. The van der Waals surface area contributed by atoms with Crippen molar-refractivity contribution in [1.29, 1.82) is 5.26 Å². The first-order valence-electron chi connectivity index (χ1n) is 8.75. The van der Waals surface area contributed by atoms with Crippen LogP contribution in [0, 0.1) is 25.2 Å². The van der Waals surface area contributed by atoms with Gasteiger partial charge in [0.05, 0.1) is 29.0 Å². The van der Waals surface area contributed by atoms with Crippen LogP contribution in [0.4, 0.5) is 5.82 Å². The highest BCUT2D eigenvalue weighted by Gasteiger charge is 2.24. The van der Waals surface area contributed by atoms with Gasteiger partial charge < -0.3 is 14.6 Å². The van der Waals surface area contributed by atoms with E-state index < -0.39 is 0 Å². The van der Waals surface area contributed by atoms with Crippen LogP contribution in [0.5, 0.6) is 0 Å². The van der Waals surface area contributed by atoms with Gasteiger partial charge in [0.15, 0.2) is 0 Å². The van der Waals surface area contributed by atoms with Crippen LogP contribution in [0.15, 0.2) is 23.4 Å². The van der Waals surface area contributed by atoms with Crippen LogP contribution in [-0.2, 0) is 16.1 Å². The number of nitriles is 1. The molecule has 1 N–H and O–H groups in total. The summed E-state index contributed by atoms with van der Waals surface area (Å²) < 4.78 is 7.72. The Morgan fingerprint density at radius 3 is 3.04 bits per heavy atom. The third-order valence-corrected chi connectivity index (χ3v) is 6.10. The van der Waals surface area contributed by atoms with Gasteiger partial charge >= 0.3 is 0 Å². The number of carbonyl (C=O) groups excluding carboxylic acids is 1. The fourth-order valence-corrected chi connectivity index (χ4v) is 4.10. The molecule has 0 bridgehead atoms. The van der Waals surface area contributed by atoms with Gasteiger partial charge in [0.25, 0.3) is 0 Å². The first-order chi connectivity index (χ1) is 13.0. The number of rotatable bonds is 6. The Labute approximate surface area is 167 Å². The molecule has 1 atom stereocenters. The number of ether oxygens (including phenoxy) is 1. The molecule has 0 spiro atoms. The number of aromatic nitrogens is 2. The molecule has 1 aliphatic rings. The van der Waals surface area contributed by atoms with Crippen molar-refractivity contribution in [2.75, 3.05) is 17.7 Å². The molecule has 3 rings (SSSR count). The average molecular weight is 405 g/mol. The predicted octanol–water partition coefficient (Wildman–Crippen LogP) is 3.93. The molecule has 1 amide bonds. The van der Waals surface area contributed by atoms with Crippen LogP contribution in [0.2, 0.25) is 5.02 Å². The molecule has 142 valence electrons. The molecule has 2 aromatic rings. The van der Waals surface area contributed by atoms with Gasteiger partial charge in [0.1, 0.15) is 16.9 Å². The molecular weight excluding hydrogens is 384 g/mol. The van der Waals surface area contributed by atoms with Gasteiger partial charge in [-0.25, -0.2) is 4.98 Å². The molecule has 1 fully saturated rings. The molecule has 3 heterocycles. The van der Waals surface area contributed by atoms with Gasteiger partial charge in [-0.1, -0.05) is 23.4 Å². The van der Waals surface area contributed by atoms with E-state index in [0.29, 0.717) is 28.0 Å². The highest BCUT2D eigenvalue weighted by atomic mass is 35.5. The number of pyridine rings is 1. The predicted molar refractivity (Wildman–Crippen MR) is 106 cm³/mol. The molecule has 2 aromatic heterocycles. The van der Waals surface area contributed by atoms with Crippen molar-refractivity contribution in [2.45, 2.75) is 44.4 Å². The highest BCUT2D eigenvalue weighted by Crippen LogP contribution is 2.29. The monoisotopic (exact) mass is 404 g/mol. The smallest absolute Gasteiger partial charge is 0.235 e. The zero-order valence-electron chi connectivity index (χ0n) is 15.3. The van der Waals surface area contributed by atoms with E-state index in [4.69, 9.17) is 16.3 Å². The molecule has 1 unspecified atom stereocenters. The van der Waals surface area contributed by atoms with E-state index in [-0.39, 0.29) is 17.8 Å². The van der Waals surface area contributed by atoms with Crippen molar-refractivity contribution in [1.82, 2.24) is 9.55 Å². The maximum Gasteiger partial charge on any atom is 0.235 e. The number of amides is 1. The molecule has 0 aromatic carbocycles. The Bertz CT molecular complexity index is 885. The number of carbonyl (C=O) groups is 1. The topological polar surface area (TPSA) is 79.9 Å². The largest absolute Gasteiger partial charge is 0.376 e. The van der Waals surface area contributed by atoms with Gasteiger partial charge in [-0.2, -0.15) is 5.26 Å². The lowest BCUT2D eigenvalue weighted by molar-refractivity contribution is -0.113. The molecule has 6 nitrogen and oxygen atoms in total. The second-order valence-electron chi connectivity index (χ2n) is 6.42. The SMILES string of the molecule is Cc1c(C#N)c(NC(=O)CSc2ncccc2Cl)n(CC2CCCO2)c1C. The number of thioether (sulfide) groups is 1. The van der Waals surface area contributed by atoms with Crippen LogP contribution < -0.4 is 5.32 Å². The Balaban J connectivity index is 1.76. The summed E-state index contributed by atoms with van der Waals surface area (Å²) in [6.07, 6.45) is 3.77. The van der Waals surface area contributed by atoms with E-state index in [1.165, 1.54) is 11.8 Å². The number of hydrogen-bond acceptors (Lipinski definition) is 5. The van der Waals surface area contributed by atoms with Gasteiger partial charge in [0.2, 0.25) is 5.91 Å². The standard InChI is InChI=1S/C19H21ClN4O2S/c1-12-13(2)24(10-14-5-4-8-26-14)18(15(12)9-21)23-17(25)11-27-19-16(20)6-3-7-22-19/h3,6-7,14H,4-5,8,10-11H2,1-2H3,(H,23,25). The molecule has 8 heteroatoms. The summed E-state index contributed by atoms with van der Waals surface area (Å²) in [5.41, 5.74) is 2.35. The Kier molecular flexibility index (Phi) is 6.42. The summed E-state index contributed by atoms with van der Waals surface area (Å²) in [7, 11) is 0. The fourth-order valence-electron chi connectivity index (χ4n) is 3.13. The quantitative estimate of drug-likeness (QED) is 0.737.